The minimum Gasteiger partial charge on any atom is -0.341 e. The summed E-state index contributed by atoms with van der Waals surface area (Å²) >= 11 is 0. The number of aryl methyl sites for hydroxylation is 1. The van der Waals surface area contributed by atoms with Crippen LogP contribution in [0.1, 0.15) is 25.1 Å². The molecule has 76 valence electrons. The van der Waals surface area contributed by atoms with Gasteiger partial charge in [-0.15, -0.1) is 0 Å². The molecule has 4 nitrogen and oxygen atoms in total. The number of rotatable bonds is 1. The van der Waals surface area contributed by atoms with Gasteiger partial charge < -0.3 is 4.90 Å². The van der Waals surface area contributed by atoms with Gasteiger partial charge in [-0.25, -0.2) is 0 Å². The van der Waals surface area contributed by atoms with E-state index in [0.29, 0.717) is 11.8 Å². The first-order valence-electron chi connectivity index (χ1n) is 4.89. The molecule has 1 saturated heterocycles. The van der Waals surface area contributed by atoms with Crippen LogP contribution in [-0.2, 0) is 0 Å². The lowest BCUT2D eigenvalue weighted by atomic mass is 10.1. The third kappa shape index (κ3) is 1.97. The lowest BCUT2D eigenvalue weighted by Gasteiger charge is -2.26. The van der Waals surface area contributed by atoms with Crippen molar-refractivity contribution in [1.82, 2.24) is 15.0 Å². The number of aromatic nitrogens is 3. The minimum atomic E-state index is -0.682. The number of anilines is 1. The van der Waals surface area contributed by atoms with Crippen LogP contribution < -0.4 is 4.90 Å². The third-order valence-corrected chi connectivity index (χ3v) is 2.35. The fourth-order valence-corrected chi connectivity index (χ4v) is 1.67. The summed E-state index contributed by atoms with van der Waals surface area (Å²) in [6, 6.07) is 0. The van der Waals surface area contributed by atoms with E-state index in [-0.39, 0.29) is 0 Å². The maximum atomic E-state index is 12.9. The van der Waals surface area contributed by atoms with E-state index in [1.165, 1.54) is 6.42 Å². The van der Waals surface area contributed by atoms with Crippen molar-refractivity contribution in [1.29, 1.82) is 0 Å². The number of piperidine rings is 1. The Morgan fingerprint density at radius 2 is 1.79 bits per heavy atom. The van der Waals surface area contributed by atoms with Crippen LogP contribution in [0, 0.1) is 13.0 Å². The van der Waals surface area contributed by atoms with Crippen LogP contribution in [-0.4, -0.2) is 28.0 Å². The Balaban J connectivity index is 2.21. The molecule has 0 amide bonds. The highest BCUT2D eigenvalue weighted by atomic mass is 19.1. The predicted octanol–water partition coefficient (Wildman–Crippen LogP) is 1.31. The van der Waals surface area contributed by atoms with E-state index >= 15 is 0 Å². The van der Waals surface area contributed by atoms with Gasteiger partial charge in [-0.05, 0) is 26.2 Å². The first-order chi connectivity index (χ1) is 6.75. The molecule has 1 aromatic rings. The van der Waals surface area contributed by atoms with Crippen molar-refractivity contribution in [2.75, 3.05) is 18.0 Å². The molecule has 0 bridgehead atoms. The van der Waals surface area contributed by atoms with Crippen LogP contribution >= 0.6 is 0 Å². The second-order valence-electron chi connectivity index (χ2n) is 3.50. The fourth-order valence-electron chi connectivity index (χ4n) is 1.67. The fraction of sp³-hybridized carbons (Fsp3) is 0.667. The zero-order chi connectivity index (χ0) is 9.97. The monoisotopic (exact) mass is 196 g/mol. The lowest BCUT2D eigenvalue weighted by molar-refractivity contribution is 0.512. The molecule has 2 heterocycles. The second-order valence-corrected chi connectivity index (χ2v) is 3.50. The summed E-state index contributed by atoms with van der Waals surface area (Å²) in [5.74, 6) is 0.924. The highest BCUT2D eigenvalue weighted by molar-refractivity contribution is 5.28. The summed E-state index contributed by atoms with van der Waals surface area (Å²) in [5, 5.41) is 0. The molecule has 2 rings (SSSR count). The largest absolute Gasteiger partial charge is 0.341 e. The van der Waals surface area contributed by atoms with Gasteiger partial charge in [-0.2, -0.15) is 19.3 Å². The van der Waals surface area contributed by atoms with Crippen molar-refractivity contribution in [2.45, 2.75) is 26.2 Å². The van der Waals surface area contributed by atoms with Gasteiger partial charge in [0, 0.05) is 13.1 Å². The highest BCUT2D eigenvalue weighted by Crippen LogP contribution is 2.14. The lowest BCUT2D eigenvalue weighted by Crippen LogP contribution is -2.31. The normalized spacial score (nSPS) is 17.1. The van der Waals surface area contributed by atoms with Crippen molar-refractivity contribution in [3.8, 4) is 0 Å². The maximum absolute atomic E-state index is 12.9. The zero-order valence-electron chi connectivity index (χ0n) is 8.20. The van der Waals surface area contributed by atoms with Crippen LogP contribution in [0.3, 0.4) is 0 Å². The van der Waals surface area contributed by atoms with E-state index in [4.69, 9.17) is 0 Å². The first-order valence-corrected chi connectivity index (χ1v) is 4.89. The Labute approximate surface area is 82.2 Å². The van der Waals surface area contributed by atoms with Crippen LogP contribution in [0.4, 0.5) is 10.3 Å². The predicted molar refractivity (Wildman–Crippen MR) is 50.6 cm³/mol. The van der Waals surface area contributed by atoms with E-state index in [1.54, 1.807) is 6.92 Å². The van der Waals surface area contributed by atoms with Gasteiger partial charge in [-0.1, -0.05) is 0 Å². The summed E-state index contributed by atoms with van der Waals surface area (Å²) in [5.41, 5.74) is 0. The van der Waals surface area contributed by atoms with Crippen LogP contribution in [0.2, 0.25) is 0 Å². The summed E-state index contributed by atoms with van der Waals surface area (Å²) in [6.45, 7) is 3.52. The zero-order valence-corrected chi connectivity index (χ0v) is 8.20. The molecule has 0 unspecified atom stereocenters. The molecule has 14 heavy (non-hydrogen) atoms. The molecule has 0 N–H and O–H groups in total. The van der Waals surface area contributed by atoms with Gasteiger partial charge >= 0.3 is 6.08 Å². The topological polar surface area (TPSA) is 41.9 Å². The standard InChI is InChI=1S/C9H13FN4/c1-7-11-8(10)13-9(12-7)14-5-3-2-4-6-14/h2-6H2,1H3. The van der Waals surface area contributed by atoms with Gasteiger partial charge in [0.25, 0.3) is 0 Å². The van der Waals surface area contributed by atoms with Crippen molar-refractivity contribution in [2.24, 2.45) is 0 Å². The van der Waals surface area contributed by atoms with Gasteiger partial charge in [0.05, 0.1) is 0 Å². The molecule has 0 saturated carbocycles. The number of hydrogen-bond donors (Lipinski definition) is 0. The molecule has 0 atom stereocenters. The van der Waals surface area contributed by atoms with Gasteiger partial charge in [0.1, 0.15) is 5.82 Å². The molecule has 0 radical (unpaired) electrons. The highest BCUT2D eigenvalue weighted by Gasteiger charge is 2.14. The second kappa shape index (κ2) is 3.86. The third-order valence-electron chi connectivity index (χ3n) is 2.35. The quantitative estimate of drug-likeness (QED) is 0.679. The summed E-state index contributed by atoms with van der Waals surface area (Å²) in [4.78, 5) is 13.3. The van der Waals surface area contributed by atoms with E-state index in [0.717, 1.165) is 25.9 Å². The number of halogens is 1. The number of hydrogen-bond acceptors (Lipinski definition) is 4. The summed E-state index contributed by atoms with van der Waals surface area (Å²) in [6.07, 6.45) is 2.82. The molecule has 1 fully saturated rings. The van der Waals surface area contributed by atoms with Gasteiger partial charge in [0.2, 0.25) is 5.95 Å². The van der Waals surface area contributed by atoms with Crippen molar-refractivity contribution in [3.05, 3.63) is 11.9 Å². The summed E-state index contributed by atoms with van der Waals surface area (Å²) < 4.78 is 12.9. The first kappa shape index (κ1) is 9.30. The molecule has 1 aliphatic rings. The molecule has 0 spiro atoms. The molecule has 1 aliphatic heterocycles. The molecule has 0 aromatic carbocycles. The average molecular weight is 196 g/mol. The van der Waals surface area contributed by atoms with Gasteiger partial charge in [0.15, 0.2) is 0 Å². The van der Waals surface area contributed by atoms with E-state index < -0.39 is 6.08 Å². The molecule has 5 heteroatoms. The maximum Gasteiger partial charge on any atom is 0.313 e. The molecular formula is C9H13FN4. The van der Waals surface area contributed by atoms with Gasteiger partial charge in [-0.3, -0.25) is 0 Å². The van der Waals surface area contributed by atoms with E-state index in [2.05, 4.69) is 15.0 Å². The van der Waals surface area contributed by atoms with Crippen molar-refractivity contribution < 1.29 is 4.39 Å². The Morgan fingerprint density at radius 3 is 2.43 bits per heavy atom. The van der Waals surface area contributed by atoms with Crippen molar-refractivity contribution >= 4 is 5.95 Å². The minimum absolute atomic E-state index is 0.443. The smallest absolute Gasteiger partial charge is 0.313 e. The van der Waals surface area contributed by atoms with Crippen LogP contribution in [0.15, 0.2) is 0 Å². The Morgan fingerprint density at radius 1 is 1.07 bits per heavy atom. The Hall–Kier alpha value is -1.26. The molecule has 1 aromatic heterocycles. The van der Waals surface area contributed by atoms with E-state index in [9.17, 15) is 4.39 Å². The molecular weight excluding hydrogens is 183 g/mol. The number of nitrogens with zero attached hydrogens (tertiary/aromatic N) is 4. The summed E-state index contributed by atoms with van der Waals surface area (Å²) in [7, 11) is 0. The SMILES string of the molecule is Cc1nc(F)nc(N2CCCCC2)n1. The molecule has 0 aliphatic carbocycles. The Kier molecular flexibility index (Phi) is 2.56. The average Bonchev–Trinajstić information content (AvgIpc) is 2.18. The van der Waals surface area contributed by atoms with Crippen LogP contribution in [0.25, 0.3) is 0 Å². The Bertz CT molecular complexity index is 302. The van der Waals surface area contributed by atoms with Crippen LogP contribution in [0.5, 0.6) is 0 Å². The van der Waals surface area contributed by atoms with Crippen molar-refractivity contribution in [3.63, 3.8) is 0 Å². The van der Waals surface area contributed by atoms with E-state index in [1.807, 2.05) is 4.90 Å².